The number of nitrogens with zero attached hydrogens (tertiary/aromatic N) is 2. The summed E-state index contributed by atoms with van der Waals surface area (Å²) in [5, 5.41) is 3.24. The van der Waals surface area contributed by atoms with Crippen molar-refractivity contribution in [2.75, 3.05) is 26.2 Å². The van der Waals surface area contributed by atoms with Crippen LogP contribution in [0.25, 0.3) is 0 Å². The summed E-state index contributed by atoms with van der Waals surface area (Å²) in [4.78, 5) is 16.2. The van der Waals surface area contributed by atoms with Crippen LogP contribution in [-0.4, -0.2) is 53.8 Å². The second-order valence-electron chi connectivity index (χ2n) is 12.6. The first kappa shape index (κ1) is 38.6. The van der Waals surface area contributed by atoms with E-state index in [1.165, 1.54) is 80.4 Å². The van der Waals surface area contributed by atoms with Crippen LogP contribution < -0.4 is 5.32 Å². The predicted molar refractivity (Wildman–Crippen MR) is 189 cm³/mol. The third kappa shape index (κ3) is 14.7. The van der Waals surface area contributed by atoms with Gasteiger partial charge in [0.05, 0.1) is 5.92 Å². The fourth-order valence-electron chi connectivity index (χ4n) is 5.24. The summed E-state index contributed by atoms with van der Waals surface area (Å²) in [6.45, 7) is 31.2. The summed E-state index contributed by atoms with van der Waals surface area (Å²) in [5.74, 6) is 0.385. The lowest BCUT2D eigenvalue weighted by Gasteiger charge is -2.41. The van der Waals surface area contributed by atoms with Crippen molar-refractivity contribution in [2.45, 2.75) is 126 Å². The Morgan fingerprint density at radius 3 is 2.19 bits per heavy atom. The quantitative estimate of drug-likeness (QED) is 0.183. The summed E-state index contributed by atoms with van der Waals surface area (Å²) in [7, 11) is 0. The summed E-state index contributed by atoms with van der Waals surface area (Å²) >= 11 is 0. The first-order chi connectivity index (χ1) is 20.5. The maximum atomic E-state index is 10.8. The summed E-state index contributed by atoms with van der Waals surface area (Å²) < 4.78 is 0. The molecule has 0 saturated carbocycles. The molecule has 4 nitrogen and oxygen atoms in total. The number of rotatable bonds is 13. The number of unbranched alkanes of at least 4 members (excludes halogenated alkanes) is 1. The van der Waals surface area contributed by atoms with E-state index >= 15 is 0 Å². The maximum Gasteiger partial charge on any atom is 0.166 e. The molecule has 0 radical (unpaired) electrons. The smallest absolute Gasteiger partial charge is 0.166 e. The zero-order chi connectivity index (χ0) is 32.4. The summed E-state index contributed by atoms with van der Waals surface area (Å²) in [5.41, 5.74) is 7.61. The van der Waals surface area contributed by atoms with Gasteiger partial charge in [-0.15, -0.1) is 0 Å². The molecule has 1 heterocycles. The third-order valence-electron chi connectivity index (χ3n) is 8.81. The van der Waals surface area contributed by atoms with E-state index in [4.69, 9.17) is 0 Å². The average molecular weight is 592 g/mol. The van der Waals surface area contributed by atoms with E-state index in [0.29, 0.717) is 0 Å². The molecule has 2 aliphatic rings. The van der Waals surface area contributed by atoms with E-state index in [9.17, 15) is 4.79 Å². The van der Waals surface area contributed by atoms with Gasteiger partial charge in [0.15, 0.2) is 5.78 Å². The topological polar surface area (TPSA) is 35.6 Å². The number of carbonyl (C=O) groups is 1. The van der Waals surface area contributed by atoms with Crippen molar-refractivity contribution in [3.63, 3.8) is 0 Å². The SMILES string of the molecule is C=C(C)/C(C)=C\C(C)=C/C.CCCCNC1=CC(=O)C1C.CCCN(C(C)CC)C1CCN(Cc2ccc(C)cc2)CC1. The van der Waals surface area contributed by atoms with Crippen molar-refractivity contribution in [3.8, 4) is 0 Å². The van der Waals surface area contributed by atoms with Crippen LogP contribution in [0.3, 0.4) is 0 Å². The highest BCUT2D eigenvalue weighted by Crippen LogP contribution is 2.22. The number of likely N-dealkylation sites (tertiary alicyclic amines) is 1. The number of piperidine rings is 1. The second-order valence-corrected chi connectivity index (χ2v) is 12.6. The Morgan fingerprint density at radius 1 is 1.09 bits per heavy atom. The van der Waals surface area contributed by atoms with E-state index < -0.39 is 0 Å². The monoisotopic (exact) mass is 592 g/mol. The number of ketones is 1. The van der Waals surface area contributed by atoms with Gasteiger partial charge in [-0.05, 0) is 111 Å². The second kappa shape index (κ2) is 21.3. The van der Waals surface area contributed by atoms with Crippen molar-refractivity contribution >= 4 is 5.78 Å². The molecule has 1 aromatic rings. The van der Waals surface area contributed by atoms with Crippen molar-refractivity contribution in [3.05, 3.63) is 82.6 Å². The first-order valence-corrected chi connectivity index (χ1v) is 17.0. The van der Waals surface area contributed by atoms with Crippen LogP contribution in [0.1, 0.15) is 112 Å². The van der Waals surface area contributed by atoms with Crippen molar-refractivity contribution in [1.29, 1.82) is 0 Å². The molecule has 2 unspecified atom stereocenters. The van der Waals surface area contributed by atoms with E-state index in [0.717, 1.165) is 36.4 Å². The van der Waals surface area contributed by atoms with Crippen molar-refractivity contribution in [2.24, 2.45) is 5.92 Å². The minimum absolute atomic E-state index is 0.131. The molecule has 0 amide bonds. The van der Waals surface area contributed by atoms with Crippen LogP contribution in [0.4, 0.5) is 0 Å². The highest BCUT2D eigenvalue weighted by Gasteiger charge is 2.27. The molecule has 0 spiro atoms. The van der Waals surface area contributed by atoms with Crippen LogP contribution in [0.15, 0.2) is 71.5 Å². The molecule has 1 aromatic carbocycles. The number of carbonyl (C=O) groups excluding carboxylic acids is 1. The molecule has 1 saturated heterocycles. The van der Waals surface area contributed by atoms with Gasteiger partial charge in [-0.3, -0.25) is 14.6 Å². The number of allylic oxidation sites excluding steroid dienone is 7. The molecule has 1 fully saturated rings. The number of aryl methyl sites for hydroxylation is 1. The lowest BCUT2D eigenvalue weighted by Crippen LogP contribution is -2.48. The lowest BCUT2D eigenvalue weighted by atomic mass is 9.91. The molecule has 43 heavy (non-hydrogen) atoms. The fraction of sp³-hybridized carbons (Fsp3) is 0.615. The number of nitrogens with one attached hydrogen (secondary N) is 1. The molecule has 0 aromatic heterocycles. The molecule has 4 heteroatoms. The highest BCUT2D eigenvalue weighted by molar-refractivity contribution is 6.00. The number of benzene rings is 1. The van der Waals surface area contributed by atoms with Gasteiger partial charge in [0.2, 0.25) is 0 Å². The molecular weight excluding hydrogens is 526 g/mol. The minimum atomic E-state index is 0.131. The minimum Gasteiger partial charge on any atom is -0.388 e. The Morgan fingerprint density at radius 2 is 1.72 bits per heavy atom. The van der Waals surface area contributed by atoms with Crippen LogP contribution in [0.2, 0.25) is 0 Å². The molecule has 2 atom stereocenters. The normalized spacial score (nSPS) is 18.5. The molecule has 242 valence electrons. The van der Waals surface area contributed by atoms with Crippen molar-refractivity contribution in [1.82, 2.24) is 15.1 Å². The molecule has 1 N–H and O–H groups in total. The zero-order valence-electron chi connectivity index (χ0n) is 29.6. The molecule has 1 aliphatic carbocycles. The van der Waals surface area contributed by atoms with E-state index in [2.05, 4.69) is 107 Å². The lowest BCUT2D eigenvalue weighted by molar-refractivity contribution is -0.118. The van der Waals surface area contributed by atoms with Gasteiger partial charge >= 0.3 is 0 Å². The average Bonchev–Trinajstić information content (AvgIpc) is 3.01. The van der Waals surface area contributed by atoms with Gasteiger partial charge in [0.1, 0.15) is 0 Å². The maximum absolute atomic E-state index is 10.8. The Bertz CT molecular complexity index is 1040. The fourth-order valence-corrected chi connectivity index (χ4v) is 5.24. The van der Waals surface area contributed by atoms with E-state index in [1.807, 2.05) is 20.8 Å². The third-order valence-corrected chi connectivity index (χ3v) is 8.81. The summed E-state index contributed by atoms with van der Waals surface area (Å²) in [6, 6.07) is 10.5. The first-order valence-electron chi connectivity index (χ1n) is 17.0. The number of hydrogen-bond donors (Lipinski definition) is 1. The van der Waals surface area contributed by atoms with Gasteiger partial charge in [-0.1, -0.05) is 86.9 Å². The largest absolute Gasteiger partial charge is 0.388 e. The molecule has 1 aliphatic heterocycles. The number of hydrogen-bond acceptors (Lipinski definition) is 4. The van der Waals surface area contributed by atoms with Crippen LogP contribution in [0.5, 0.6) is 0 Å². The van der Waals surface area contributed by atoms with Gasteiger partial charge in [0, 0.05) is 36.9 Å². The van der Waals surface area contributed by atoms with E-state index in [1.54, 1.807) is 6.08 Å². The van der Waals surface area contributed by atoms with Crippen molar-refractivity contribution < 1.29 is 4.79 Å². The summed E-state index contributed by atoms with van der Waals surface area (Å²) in [6.07, 6.45) is 13.5. The Kier molecular flexibility index (Phi) is 19.1. The van der Waals surface area contributed by atoms with Gasteiger partial charge < -0.3 is 5.32 Å². The molecule has 3 rings (SSSR count). The zero-order valence-corrected chi connectivity index (χ0v) is 29.6. The van der Waals surface area contributed by atoms with Gasteiger partial charge in [-0.25, -0.2) is 0 Å². The Hall–Kier alpha value is -2.43. The van der Waals surface area contributed by atoms with Gasteiger partial charge in [-0.2, -0.15) is 0 Å². The van der Waals surface area contributed by atoms with E-state index in [-0.39, 0.29) is 11.7 Å². The standard InChI is InChI=1S/C20H34N2.C10H16.C9H15NO/c1-5-13-22(18(4)6-2)20-11-14-21(15-12-20)16-19-9-7-17(3)8-10-19;1-6-9(4)7-10(5)8(2)3;1-3-4-5-10-8-6-9(11)7(8)2/h7-10,18,20H,5-6,11-16H2,1-4H3;6-7H,2H2,1,3-5H3;6-7,10H,3-5H2,1-2H3/b;9-6-,10-7-;. The van der Waals surface area contributed by atoms with Gasteiger partial charge in [0.25, 0.3) is 0 Å². The highest BCUT2D eigenvalue weighted by atomic mass is 16.1. The molecule has 0 bridgehead atoms. The predicted octanol–water partition coefficient (Wildman–Crippen LogP) is 9.42. The van der Waals surface area contributed by atoms with Crippen LogP contribution in [0, 0.1) is 12.8 Å². The van der Waals surface area contributed by atoms with Crippen LogP contribution in [-0.2, 0) is 11.3 Å². The van der Waals surface area contributed by atoms with Crippen LogP contribution >= 0.6 is 0 Å². The molecular formula is C39H65N3O. The Labute approximate surface area is 266 Å². The Balaban J connectivity index is 0.000000368.